The summed E-state index contributed by atoms with van der Waals surface area (Å²) in [7, 11) is 0. The standard InChI is InChI=1S/C16H21Cl2NO/c1-16(2,19-9-4-3-5-10-19)14(20)11-12-7-6-8-13(17)15(12)18/h6-8H,3-5,9-11H2,1-2H3. The predicted molar refractivity (Wildman–Crippen MR) is 84.7 cm³/mol. The fourth-order valence-corrected chi connectivity index (χ4v) is 3.09. The molecule has 1 aliphatic rings. The lowest BCUT2D eigenvalue weighted by atomic mass is 9.90. The van der Waals surface area contributed by atoms with Crippen molar-refractivity contribution < 1.29 is 4.79 Å². The van der Waals surface area contributed by atoms with E-state index in [1.165, 1.54) is 19.3 Å². The molecule has 1 fully saturated rings. The maximum Gasteiger partial charge on any atom is 0.156 e. The molecule has 0 N–H and O–H groups in total. The van der Waals surface area contributed by atoms with Gasteiger partial charge in [0.15, 0.2) is 5.78 Å². The molecular formula is C16H21Cl2NO. The highest BCUT2D eigenvalue weighted by atomic mass is 35.5. The molecule has 1 aliphatic heterocycles. The van der Waals surface area contributed by atoms with Crippen LogP contribution < -0.4 is 0 Å². The van der Waals surface area contributed by atoms with Crippen LogP contribution in [-0.4, -0.2) is 29.3 Å². The number of likely N-dealkylation sites (tertiary alicyclic amines) is 1. The maximum absolute atomic E-state index is 12.7. The summed E-state index contributed by atoms with van der Waals surface area (Å²) in [5.41, 5.74) is 0.376. The minimum absolute atomic E-state index is 0.198. The van der Waals surface area contributed by atoms with Gasteiger partial charge in [-0.1, -0.05) is 41.8 Å². The van der Waals surface area contributed by atoms with Gasteiger partial charge in [0.05, 0.1) is 15.6 Å². The Kier molecular flexibility index (Phi) is 5.11. The minimum atomic E-state index is -0.438. The van der Waals surface area contributed by atoms with Crippen LogP contribution in [0.4, 0.5) is 0 Å². The van der Waals surface area contributed by atoms with Crippen LogP contribution in [0.15, 0.2) is 18.2 Å². The number of hydrogen-bond acceptors (Lipinski definition) is 2. The van der Waals surface area contributed by atoms with E-state index in [-0.39, 0.29) is 5.78 Å². The molecule has 0 unspecified atom stereocenters. The zero-order chi connectivity index (χ0) is 14.8. The van der Waals surface area contributed by atoms with E-state index in [1.807, 2.05) is 26.0 Å². The van der Waals surface area contributed by atoms with E-state index in [4.69, 9.17) is 23.2 Å². The van der Waals surface area contributed by atoms with Crippen molar-refractivity contribution in [3.63, 3.8) is 0 Å². The molecule has 0 radical (unpaired) electrons. The summed E-state index contributed by atoms with van der Waals surface area (Å²) >= 11 is 12.2. The third kappa shape index (κ3) is 3.36. The first-order valence-electron chi connectivity index (χ1n) is 7.14. The van der Waals surface area contributed by atoms with Crippen LogP contribution in [0.3, 0.4) is 0 Å². The zero-order valence-corrected chi connectivity index (χ0v) is 13.6. The maximum atomic E-state index is 12.7. The number of ketones is 1. The molecule has 1 aromatic carbocycles. The molecule has 1 saturated heterocycles. The average Bonchev–Trinajstić information content (AvgIpc) is 2.44. The molecule has 0 atom stereocenters. The molecule has 2 nitrogen and oxygen atoms in total. The fourth-order valence-electron chi connectivity index (χ4n) is 2.70. The third-order valence-electron chi connectivity index (χ3n) is 4.21. The van der Waals surface area contributed by atoms with Crippen LogP contribution in [0.2, 0.25) is 10.0 Å². The fraction of sp³-hybridized carbons (Fsp3) is 0.562. The van der Waals surface area contributed by atoms with Crippen LogP contribution in [0, 0.1) is 0 Å². The van der Waals surface area contributed by atoms with Gasteiger partial charge in [-0.05, 0) is 51.4 Å². The quantitative estimate of drug-likeness (QED) is 0.822. The number of rotatable bonds is 4. The summed E-state index contributed by atoms with van der Waals surface area (Å²) in [5.74, 6) is 0.198. The van der Waals surface area contributed by atoms with Crippen LogP contribution in [-0.2, 0) is 11.2 Å². The van der Waals surface area contributed by atoms with Gasteiger partial charge in [0.25, 0.3) is 0 Å². The van der Waals surface area contributed by atoms with Gasteiger partial charge >= 0.3 is 0 Å². The number of hydrogen-bond donors (Lipinski definition) is 0. The zero-order valence-electron chi connectivity index (χ0n) is 12.1. The number of nitrogens with zero attached hydrogens (tertiary/aromatic N) is 1. The second-order valence-electron chi connectivity index (χ2n) is 5.92. The van der Waals surface area contributed by atoms with Crippen molar-refractivity contribution in [3.8, 4) is 0 Å². The van der Waals surface area contributed by atoms with Gasteiger partial charge < -0.3 is 0 Å². The SMILES string of the molecule is CC(C)(C(=O)Cc1cccc(Cl)c1Cl)N1CCCCC1. The van der Waals surface area contributed by atoms with E-state index in [2.05, 4.69) is 4.90 Å². The molecule has 1 heterocycles. The summed E-state index contributed by atoms with van der Waals surface area (Å²) in [6.07, 6.45) is 3.95. The monoisotopic (exact) mass is 313 g/mol. The Morgan fingerprint density at radius 1 is 1.20 bits per heavy atom. The predicted octanol–water partition coefficient (Wildman–Crippen LogP) is 4.37. The lowest BCUT2D eigenvalue weighted by molar-refractivity contribution is -0.129. The van der Waals surface area contributed by atoms with E-state index < -0.39 is 5.54 Å². The molecule has 0 aromatic heterocycles. The number of Topliss-reactive ketones (excluding diaryl/α,β-unsaturated/α-hetero) is 1. The lowest BCUT2D eigenvalue weighted by Crippen LogP contribution is -2.52. The Bertz CT molecular complexity index is 493. The third-order valence-corrected chi connectivity index (χ3v) is 5.07. The highest BCUT2D eigenvalue weighted by molar-refractivity contribution is 6.42. The number of carbonyl (C=O) groups is 1. The summed E-state index contributed by atoms with van der Waals surface area (Å²) < 4.78 is 0. The second-order valence-corrected chi connectivity index (χ2v) is 6.70. The van der Waals surface area contributed by atoms with Gasteiger partial charge in [-0.25, -0.2) is 0 Å². The van der Waals surface area contributed by atoms with E-state index in [1.54, 1.807) is 6.07 Å². The molecular weight excluding hydrogens is 293 g/mol. The van der Waals surface area contributed by atoms with E-state index in [0.717, 1.165) is 18.7 Å². The molecule has 0 bridgehead atoms. The molecule has 0 spiro atoms. The van der Waals surface area contributed by atoms with Crippen molar-refractivity contribution in [2.45, 2.75) is 45.1 Å². The van der Waals surface area contributed by atoms with Crippen LogP contribution in [0.5, 0.6) is 0 Å². The van der Waals surface area contributed by atoms with Crippen molar-refractivity contribution in [2.75, 3.05) is 13.1 Å². The number of halogens is 2. The minimum Gasteiger partial charge on any atom is -0.297 e. The van der Waals surface area contributed by atoms with Crippen molar-refractivity contribution in [3.05, 3.63) is 33.8 Å². The van der Waals surface area contributed by atoms with E-state index >= 15 is 0 Å². The lowest BCUT2D eigenvalue weighted by Gasteiger charge is -2.39. The van der Waals surface area contributed by atoms with Gasteiger partial charge in [-0.15, -0.1) is 0 Å². The van der Waals surface area contributed by atoms with Gasteiger partial charge in [-0.3, -0.25) is 9.69 Å². The number of benzene rings is 1. The molecule has 1 aromatic rings. The van der Waals surface area contributed by atoms with Crippen molar-refractivity contribution in [1.29, 1.82) is 0 Å². The molecule has 0 aliphatic carbocycles. The highest BCUT2D eigenvalue weighted by Gasteiger charge is 2.34. The van der Waals surface area contributed by atoms with Crippen molar-refractivity contribution in [1.82, 2.24) is 4.90 Å². The first-order chi connectivity index (χ1) is 9.43. The molecule has 0 amide bonds. The smallest absolute Gasteiger partial charge is 0.156 e. The normalized spacial score (nSPS) is 17.2. The Hall–Kier alpha value is -0.570. The average molecular weight is 314 g/mol. The molecule has 2 rings (SSSR count). The van der Waals surface area contributed by atoms with Crippen LogP contribution in [0.1, 0.15) is 38.7 Å². The van der Waals surface area contributed by atoms with Crippen molar-refractivity contribution >= 4 is 29.0 Å². The van der Waals surface area contributed by atoms with Gasteiger partial charge in [0.1, 0.15) is 0 Å². The van der Waals surface area contributed by atoms with Crippen LogP contribution >= 0.6 is 23.2 Å². The Morgan fingerprint density at radius 3 is 2.50 bits per heavy atom. The molecule has 4 heteroatoms. The van der Waals surface area contributed by atoms with Gasteiger partial charge in [0.2, 0.25) is 0 Å². The molecule has 0 saturated carbocycles. The van der Waals surface area contributed by atoms with Gasteiger partial charge in [-0.2, -0.15) is 0 Å². The molecule has 110 valence electrons. The Balaban J connectivity index is 2.12. The Morgan fingerprint density at radius 2 is 1.85 bits per heavy atom. The topological polar surface area (TPSA) is 20.3 Å². The number of piperidine rings is 1. The largest absolute Gasteiger partial charge is 0.297 e. The van der Waals surface area contributed by atoms with E-state index in [9.17, 15) is 4.79 Å². The number of carbonyl (C=O) groups excluding carboxylic acids is 1. The molecule has 20 heavy (non-hydrogen) atoms. The summed E-state index contributed by atoms with van der Waals surface area (Å²) in [6, 6.07) is 5.46. The summed E-state index contributed by atoms with van der Waals surface area (Å²) in [4.78, 5) is 14.9. The van der Waals surface area contributed by atoms with E-state index in [0.29, 0.717) is 16.5 Å². The first-order valence-corrected chi connectivity index (χ1v) is 7.90. The Labute approximate surface area is 131 Å². The second kappa shape index (κ2) is 6.46. The summed E-state index contributed by atoms with van der Waals surface area (Å²) in [6.45, 7) is 6.03. The first kappa shape index (κ1) is 15.8. The highest BCUT2D eigenvalue weighted by Crippen LogP contribution is 2.28. The van der Waals surface area contributed by atoms with Crippen molar-refractivity contribution in [2.24, 2.45) is 0 Å². The summed E-state index contributed by atoms with van der Waals surface area (Å²) in [5, 5.41) is 1.00. The van der Waals surface area contributed by atoms with Crippen LogP contribution in [0.25, 0.3) is 0 Å². The van der Waals surface area contributed by atoms with Gasteiger partial charge in [0, 0.05) is 6.42 Å².